The quantitative estimate of drug-likeness (QED) is 0.363. The topological polar surface area (TPSA) is 63.2 Å². The minimum Gasteiger partial charge on any atom is -0.268 e. The van der Waals surface area contributed by atoms with Crippen LogP contribution in [0.1, 0.15) is 27.8 Å². The van der Waals surface area contributed by atoms with Gasteiger partial charge >= 0.3 is 0 Å². The number of carbonyl (C=O) groups excluding carboxylic acids is 2. The Morgan fingerprint density at radius 2 is 1.67 bits per heavy atom. The summed E-state index contributed by atoms with van der Waals surface area (Å²) in [5.41, 5.74) is 1.66. The second kappa shape index (κ2) is 7.13. The van der Waals surface area contributed by atoms with Crippen LogP contribution in [0.4, 0.5) is 5.69 Å². The first-order chi connectivity index (χ1) is 13.1. The molecular formula is C20H14ClN3O2S. The van der Waals surface area contributed by atoms with Crippen molar-refractivity contribution in [1.29, 1.82) is 0 Å². The Morgan fingerprint density at radius 1 is 0.963 bits per heavy atom. The molecule has 0 radical (unpaired) electrons. The van der Waals surface area contributed by atoms with E-state index >= 15 is 0 Å². The maximum atomic E-state index is 13.0. The maximum absolute atomic E-state index is 13.0. The van der Waals surface area contributed by atoms with Crippen molar-refractivity contribution >= 4 is 40.9 Å². The first kappa shape index (κ1) is 17.7. The second-order valence-corrected chi connectivity index (χ2v) is 7.49. The van der Waals surface area contributed by atoms with Crippen LogP contribution in [0.15, 0.2) is 59.6 Å². The molecular weight excluding hydrogens is 382 g/mol. The summed E-state index contributed by atoms with van der Waals surface area (Å²) in [6, 6.07) is 16.0. The Hall–Kier alpha value is -2.70. The number of hydrogen-bond donors (Lipinski definition) is 0. The molecule has 1 aromatic heterocycles. The molecule has 0 saturated heterocycles. The number of thioether (sulfide) groups is 1. The lowest BCUT2D eigenvalue weighted by molar-refractivity contribution is 0.0924. The molecule has 4 rings (SSSR count). The molecule has 2 heterocycles. The minimum absolute atomic E-state index is 0.139. The van der Waals surface area contributed by atoms with Gasteiger partial charge in [-0.05, 0) is 30.0 Å². The number of fused-ring (bicyclic) bond motifs is 1. The number of benzene rings is 2. The van der Waals surface area contributed by atoms with Crippen LogP contribution in [0.5, 0.6) is 0 Å². The van der Waals surface area contributed by atoms with Crippen molar-refractivity contribution in [2.24, 2.45) is 0 Å². The van der Waals surface area contributed by atoms with Crippen LogP contribution in [0.3, 0.4) is 0 Å². The fourth-order valence-electron chi connectivity index (χ4n) is 2.88. The third kappa shape index (κ3) is 3.11. The van der Waals surface area contributed by atoms with Gasteiger partial charge in [-0.3, -0.25) is 9.59 Å². The van der Waals surface area contributed by atoms with Gasteiger partial charge in [0.25, 0.3) is 11.8 Å². The van der Waals surface area contributed by atoms with E-state index in [-0.39, 0.29) is 11.3 Å². The highest BCUT2D eigenvalue weighted by molar-refractivity contribution is 7.99. The largest absolute Gasteiger partial charge is 0.284 e. The molecule has 0 aliphatic carbocycles. The predicted molar refractivity (Wildman–Crippen MR) is 106 cm³/mol. The van der Waals surface area contributed by atoms with Crippen LogP contribution in [0, 0.1) is 0 Å². The zero-order chi connectivity index (χ0) is 19.0. The molecule has 7 heteroatoms. The zero-order valence-electron chi connectivity index (χ0n) is 14.3. The molecule has 0 N–H and O–H groups in total. The lowest BCUT2D eigenvalue weighted by Crippen LogP contribution is -2.29. The lowest BCUT2D eigenvalue weighted by atomic mass is 10.2. The molecule has 0 bridgehead atoms. The van der Waals surface area contributed by atoms with Gasteiger partial charge in [-0.1, -0.05) is 48.9 Å². The summed E-state index contributed by atoms with van der Waals surface area (Å²) in [5, 5.41) is 1.06. The van der Waals surface area contributed by atoms with Crippen molar-refractivity contribution in [2.45, 2.75) is 11.9 Å². The monoisotopic (exact) mass is 395 g/mol. The molecule has 0 atom stereocenters. The van der Waals surface area contributed by atoms with Crippen molar-refractivity contribution in [3.8, 4) is 11.4 Å². The third-order valence-electron chi connectivity index (χ3n) is 4.10. The van der Waals surface area contributed by atoms with Gasteiger partial charge in [-0.25, -0.2) is 14.9 Å². The summed E-state index contributed by atoms with van der Waals surface area (Å²) < 4.78 is 0. The molecule has 0 unspecified atom stereocenters. The van der Waals surface area contributed by atoms with Crippen molar-refractivity contribution in [1.82, 2.24) is 9.97 Å². The number of carbonyl (C=O) groups is 2. The summed E-state index contributed by atoms with van der Waals surface area (Å²) in [6.45, 7) is 1.97. The number of amides is 2. The lowest BCUT2D eigenvalue weighted by Gasteiger charge is -2.13. The SMILES string of the molecule is CCSc1nc(-c2ccccc2)nc2c1C(=O)N(c1ccc(Cl)cc1)C2=O. The van der Waals surface area contributed by atoms with E-state index in [4.69, 9.17) is 11.6 Å². The van der Waals surface area contributed by atoms with Gasteiger partial charge in [0.1, 0.15) is 16.3 Å². The van der Waals surface area contributed by atoms with E-state index in [1.807, 2.05) is 37.3 Å². The summed E-state index contributed by atoms with van der Waals surface area (Å²) in [4.78, 5) is 36.1. The minimum atomic E-state index is -0.449. The number of anilines is 1. The average Bonchev–Trinajstić information content (AvgIpc) is 2.94. The van der Waals surface area contributed by atoms with E-state index in [1.54, 1.807) is 24.3 Å². The Kier molecular flexibility index (Phi) is 4.68. The zero-order valence-corrected chi connectivity index (χ0v) is 15.9. The van der Waals surface area contributed by atoms with Crippen LogP contribution in [0.25, 0.3) is 11.4 Å². The number of aromatic nitrogens is 2. The number of halogens is 1. The van der Waals surface area contributed by atoms with E-state index in [9.17, 15) is 9.59 Å². The Labute approximate surface area is 165 Å². The summed E-state index contributed by atoms with van der Waals surface area (Å²) >= 11 is 7.34. The van der Waals surface area contributed by atoms with Gasteiger partial charge in [0.2, 0.25) is 0 Å². The first-order valence-corrected chi connectivity index (χ1v) is 9.71. The Balaban J connectivity index is 1.86. The Morgan fingerprint density at radius 3 is 2.33 bits per heavy atom. The highest BCUT2D eigenvalue weighted by atomic mass is 35.5. The van der Waals surface area contributed by atoms with Crippen LogP contribution in [-0.2, 0) is 0 Å². The first-order valence-electron chi connectivity index (χ1n) is 8.34. The highest BCUT2D eigenvalue weighted by Gasteiger charge is 2.41. The van der Waals surface area contributed by atoms with Crippen molar-refractivity contribution in [3.05, 3.63) is 70.9 Å². The van der Waals surface area contributed by atoms with Crippen molar-refractivity contribution in [3.63, 3.8) is 0 Å². The van der Waals surface area contributed by atoms with E-state index in [2.05, 4.69) is 9.97 Å². The molecule has 0 saturated carbocycles. The standard InChI is InChI=1S/C20H14ClN3O2S/c1-2-27-18-15-16(22-17(23-18)12-6-4-3-5-7-12)20(26)24(19(15)25)14-10-8-13(21)9-11-14/h3-11H,2H2,1H3. The van der Waals surface area contributed by atoms with E-state index in [1.165, 1.54) is 11.8 Å². The van der Waals surface area contributed by atoms with Gasteiger partial charge in [0, 0.05) is 10.6 Å². The van der Waals surface area contributed by atoms with E-state index in [0.717, 1.165) is 16.2 Å². The maximum Gasteiger partial charge on any atom is 0.284 e. The normalized spacial score (nSPS) is 13.2. The van der Waals surface area contributed by atoms with Gasteiger partial charge in [0.05, 0.1) is 5.69 Å². The van der Waals surface area contributed by atoms with Gasteiger partial charge < -0.3 is 0 Å². The van der Waals surface area contributed by atoms with E-state index < -0.39 is 11.8 Å². The van der Waals surface area contributed by atoms with E-state index in [0.29, 0.717) is 21.6 Å². The molecule has 27 heavy (non-hydrogen) atoms. The molecule has 1 aliphatic rings. The van der Waals surface area contributed by atoms with Crippen LogP contribution >= 0.6 is 23.4 Å². The van der Waals surface area contributed by atoms with Crippen molar-refractivity contribution < 1.29 is 9.59 Å². The second-order valence-electron chi connectivity index (χ2n) is 5.80. The van der Waals surface area contributed by atoms with Gasteiger partial charge in [-0.15, -0.1) is 11.8 Å². The Bertz CT molecular complexity index is 1040. The number of rotatable bonds is 4. The van der Waals surface area contributed by atoms with Crippen LogP contribution in [-0.4, -0.2) is 27.5 Å². The molecule has 5 nitrogen and oxygen atoms in total. The molecule has 134 valence electrons. The molecule has 0 spiro atoms. The predicted octanol–water partition coefficient (Wildman–Crippen LogP) is 4.71. The molecule has 2 aromatic carbocycles. The number of hydrogen-bond acceptors (Lipinski definition) is 5. The summed E-state index contributed by atoms with van der Waals surface area (Å²) in [7, 11) is 0. The van der Waals surface area contributed by atoms with Crippen LogP contribution < -0.4 is 4.90 Å². The fraction of sp³-hybridized carbons (Fsp3) is 0.100. The van der Waals surface area contributed by atoms with Gasteiger partial charge in [-0.2, -0.15) is 0 Å². The average molecular weight is 396 g/mol. The highest BCUT2D eigenvalue weighted by Crippen LogP contribution is 2.34. The smallest absolute Gasteiger partial charge is 0.268 e. The number of nitrogens with zero attached hydrogens (tertiary/aromatic N) is 3. The molecule has 3 aromatic rings. The molecule has 0 fully saturated rings. The molecule has 2 amide bonds. The van der Waals surface area contributed by atoms with Crippen LogP contribution in [0.2, 0.25) is 5.02 Å². The van der Waals surface area contributed by atoms with Gasteiger partial charge in [0.15, 0.2) is 5.82 Å². The fourth-order valence-corrected chi connectivity index (χ4v) is 3.76. The molecule has 1 aliphatic heterocycles. The summed E-state index contributed by atoms with van der Waals surface area (Å²) in [5.74, 6) is 0.298. The number of imide groups is 1. The summed E-state index contributed by atoms with van der Waals surface area (Å²) in [6.07, 6.45) is 0. The third-order valence-corrected chi connectivity index (χ3v) is 5.21. The van der Waals surface area contributed by atoms with Crippen molar-refractivity contribution in [2.75, 3.05) is 10.7 Å².